The van der Waals surface area contributed by atoms with E-state index in [-0.39, 0.29) is 85.3 Å². The monoisotopic (exact) mass is 744 g/mol. The zero-order valence-electron chi connectivity index (χ0n) is 31.3. The third kappa shape index (κ3) is 7.62. The molecule has 0 spiro atoms. The Bertz CT molecular complexity index is 2170. The number of carbonyl (C=O) groups excluding carboxylic acids is 1. The summed E-state index contributed by atoms with van der Waals surface area (Å²) in [5.41, 5.74) is -2.58. The number of nitrogens with zero attached hydrogens (tertiary/aromatic N) is 3. The molecule has 3 aliphatic rings. The van der Waals surface area contributed by atoms with Gasteiger partial charge in [0, 0.05) is 54.0 Å². The summed E-state index contributed by atoms with van der Waals surface area (Å²) in [5.74, 6) is -1.31. The van der Waals surface area contributed by atoms with Crippen molar-refractivity contribution < 1.29 is 44.0 Å². The van der Waals surface area contributed by atoms with Gasteiger partial charge in [0.1, 0.15) is 41.7 Å². The van der Waals surface area contributed by atoms with Crippen LogP contribution in [0, 0.1) is 11.6 Å². The summed E-state index contributed by atoms with van der Waals surface area (Å²) in [6, 6.07) is 5.65. The van der Waals surface area contributed by atoms with Crippen LogP contribution in [-0.2, 0) is 15.9 Å². The van der Waals surface area contributed by atoms with Crippen LogP contribution in [-0.4, -0.2) is 103 Å². The first-order chi connectivity index (χ1) is 26.2. The van der Waals surface area contributed by atoms with Crippen LogP contribution < -0.4 is 25.7 Å². The smallest absolute Gasteiger partial charge is 0.407 e. The molecule has 2 aromatic carbocycles. The Hall–Kier alpha value is -4.54. The lowest BCUT2D eigenvalue weighted by Gasteiger charge is -2.36. The van der Waals surface area contributed by atoms with Crippen molar-refractivity contribution >= 4 is 27.8 Å². The van der Waals surface area contributed by atoms with Gasteiger partial charge in [-0.15, -0.1) is 0 Å². The number of ether oxygens (including phenoxy) is 4. The molecular formula is C37H42F4N6O6. The van der Waals surface area contributed by atoms with Gasteiger partial charge in [0.2, 0.25) is 0 Å². The van der Waals surface area contributed by atoms with E-state index in [0.29, 0.717) is 23.7 Å². The Morgan fingerprint density at radius 3 is 2.85 bits per heavy atom. The number of nitrogens with one attached hydrogen (secondary N) is 3. The van der Waals surface area contributed by atoms with Crippen LogP contribution >= 0.6 is 0 Å². The van der Waals surface area contributed by atoms with Gasteiger partial charge in [-0.1, -0.05) is 6.07 Å². The molecule has 0 radical (unpaired) electrons. The lowest BCUT2D eigenvalue weighted by Crippen LogP contribution is -2.58. The average molecular weight is 745 g/mol. The van der Waals surface area contributed by atoms with E-state index in [2.05, 4.69) is 25.6 Å². The average Bonchev–Trinajstić information content (AvgIpc) is 3.67. The number of alkyl halides is 2. The molecule has 3 fully saturated rings. The molecule has 53 heavy (non-hydrogen) atoms. The Morgan fingerprint density at radius 1 is 1.19 bits per heavy atom. The highest BCUT2D eigenvalue weighted by Gasteiger charge is 2.49. The Morgan fingerprint density at radius 2 is 2.04 bits per heavy atom. The number of aromatic amines is 1. The molecule has 0 aliphatic carbocycles. The molecule has 12 nitrogen and oxygen atoms in total. The van der Waals surface area contributed by atoms with Crippen molar-refractivity contribution in [1.82, 2.24) is 30.5 Å². The van der Waals surface area contributed by atoms with Gasteiger partial charge in [-0.25, -0.2) is 22.4 Å². The number of hydrogen-bond donors (Lipinski definition) is 3. The number of alkyl carbamates (subject to hydrolysis) is 1. The number of amides is 1. The first kappa shape index (κ1) is 34.2. The highest BCUT2D eigenvalue weighted by molar-refractivity contribution is 6.01. The molecule has 3 aliphatic heterocycles. The molecule has 4 atom stereocenters. The second-order valence-electron chi connectivity index (χ2n) is 14.2. The van der Waals surface area contributed by atoms with E-state index in [9.17, 15) is 18.4 Å². The van der Waals surface area contributed by atoms with E-state index >= 15 is 8.78 Å². The standard InChI is InChI=1S/C37H42F4N6O6/c1-36(13-22(38)15-42-18-36)46-35(49)51-10-3-5-25-28(40)7-6-21-11-24(53-20-50-2)12-26(29(21)25)31-30(41)32-27(16-43-31)33(48)45-34(44-32)52-19-37-8-4-9-47(37)17-23(39)14-37/h6-7,11-12,16,22-23,42H,3-5,8-10,13-15,17-20H2,1-2H3,(H,46,49)(H,44,45,48)/t22?,23-,36?,37+/m1/s1/i15D2. The summed E-state index contributed by atoms with van der Waals surface area (Å²) in [4.78, 5) is 38.9. The van der Waals surface area contributed by atoms with E-state index < -0.39 is 53.2 Å². The maximum absolute atomic E-state index is 16.7. The summed E-state index contributed by atoms with van der Waals surface area (Å²) < 4.78 is 98.4. The summed E-state index contributed by atoms with van der Waals surface area (Å²) in [5, 5.41) is 5.67. The predicted octanol–water partition coefficient (Wildman–Crippen LogP) is 5.10. The zero-order chi connectivity index (χ0) is 39.1. The molecule has 284 valence electrons. The van der Waals surface area contributed by atoms with Crippen molar-refractivity contribution in [3.05, 3.63) is 58.0 Å². The Labute approximate surface area is 305 Å². The van der Waals surface area contributed by atoms with Crippen molar-refractivity contribution in [2.75, 3.05) is 53.2 Å². The van der Waals surface area contributed by atoms with Crippen LogP contribution in [0.15, 0.2) is 35.3 Å². The fourth-order valence-corrected chi connectivity index (χ4v) is 7.75. The van der Waals surface area contributed by atoms with Crippen molar-refractivity contribution in [1.29, 1.82) is 0 Å². The fourth-order valence-electron chi connectivity index (χ4n) is 7.75. The Balaban J connectivity index is 1.16. The minimum absolute atomic E-state index is 0.0203. The zero-order valence-corrected chi connectivity index (χ0v) is 29.3. The van der Waals surface area contributed by atoms with E-state index in [1.54, 1.807) is 13.0 Å². The molecule has 2 unspecified atom stereocenters. The molecule has 1 amide bonds. The number of H-pyrrole nitrogens is 1. The maximum Gasteiger partial charge on any atom is 0.407 e. The quantitative estimate of drug-likeness (QED) is 0.102. The number of pyridine rings is 1. The van der Waals surface area contributed by atoms with Crippen LogP contribution in [0.2, 0.25) is 0 Å². The topological polar surface area (TPSA) is 140 Å². The summed E-state index contributed by atoms with van der Waals surface area (Å²) in [6.45, 7) is 0.152. The largest absolute Gasteiger partial charge is 0.468 e. The number of rotatable bonds is 12. The highest BCUT2D eigenvalue weighted by atomic mass is 19.1. The minimum Gasteiger partial charge on any atom is -0.468 e. The number of aromatic nitrogens is 3. The van der Waals surface area contributed by atoms with Gasteiger partial charge in [-0.3, -0.25) is 19.7 Å². The number of piperidine rings is 1. The Kier molecular flexibility index (Phi) is 9.73. The van der Waals surface area contributed by atoms with Gasteiger partial charge in [0.15, 0.2) is 12.6 Å². The normalized spacial score (nSPS) is 25.9. The third-order valence-electron chi connectivity index (χ3n) is 10.2. The van der Waals surface area contributed by atoms with Crippen molar-refractivity contribution in [2.24, 2.45) is 0 Å². The highest BCUT2D eigenvalue weighted by Crippen LogP contribution is 2.41. The number of fused-ring (bicyclic) bond motifs is 3. The van der Waals surface area contributed by atoms with Crippen LogP contribution in [0.5, 0.6) is 11.8 Å². The number of aryl methyl sites for hydroxylation is 1. The van der Waals surface area contributed by atoms with E-state index in [1.807, 2.05) is 4.90 Å². The third-order valence-corrected chi connectivity index (χ3v) is 10.2. The van der Waals surface area contributed by atoms with Crippen LogP contribution in [0.25, 0.3) is 32.9 Å². The van der Waals surface area contributed by atoms with Gasteiger partial charge in [0.25, 0.3) is 11.6 Å². The summed E-state index contributed by atoms with van der Waals surface area (Å²) in [7, 11) is 1.43. The van der Waals surface area contributed by atoms with Gasteiger partial charge in [-0.2, -0.15) is 4.98 Å². The molecular weight excluding hydrogens is 700 g/mol. The molecule has 7 rings (SSSR count). The van der Waals surface area contributed by atoms with E-state index in [1.165, 1.54) is 31.5 Å². The first-order valence-corrected chi connectivity index (χ1v) is 17.5. The summed E-state index contributed by atoms with van der Waals surface area (Å²) >= 11 is 0. The fraction of sp³-hybridized carbons (Fsp3) is 0.514. The maximum atomic E-state index is 16.7. The van der Waals surface area contributed by atoms with Gasteiger partial charge >= 0.3 is 6.09 Å². The molecule has 2 aromatic heterocycles. The molecule has 0 bridgehead atoms. The number of carbonyl (C=O) groups is 1. The summed E-state index contributed by atoms with van der Waals surface area (Å²) in [6.07, 6.45) is -0.703. The van der Waals surface area contributed by atoms with Crippen LogP contribution in [0.4, 0.5) is 22.4 Å². The van der Waals surface area contributed by atoms with Gasteiger partial charge in [0.05, 0.1) is 23.1 Å². The first-order valence-electron chi connectivity index (χ1n) is 18.5. The SMILES string of the molecule is [2H]C1([2H])NCC(C)(NC(=O)OCCCc2c(F)ccc3cc(OCOC)cc(-c4ncc5c(=O)[nH]c(OC[C@@]67CCCN6C[C@H](F)C7)nc5c4F)c23)CC1F. The molecule has 3 saturated heterocycles. The van der Waals surface area contributed by atoms with Crippen molar-refractivity contribution in [3.63, 3.8) is 0 Å². The molecule has 0 saturated carbocycles. The number of halogens is 4. The number of benzene rings is 2. The van der Waals surface area contributed by atoms with E-state index in [0.717, 1.165) is 19.4 Å². The number of methoxy groups -OCH3 is 1. The van der Waals surface area contributed by atoms with Crippen molar-refractivity contribution in [2.45, 2.75) is 68.9 Å². The lowest BCUT2D eigenvalue weighted by molar-refractivity contribution is 0.0512. The van der Waals surface area contributed by atoms with Gasteiger partial charge < -0.3 is 29.6 Å². The van der Waals surface area contributed by atoms with Crippen LogP contribution in [0.3, 0.4) is 0 Å². The number of hydrogen-bond acceptors (Lipinski definition) is 10. The van der Waals surface area contributed by atoms with Crippen molar-refractivity contribution in [3.8, 4) is 23.0 Å². The van der Waals surface area contributed by atoms with Crippen LogP contribution in [0.1, 0.15) is 47.3 Å². The van der Waals surface area contributed by atoms with Gasteiger partial charge in [-0.05, 0) is 73.7 Å². The molecule has 3 N–H and O–H groups in total. The molecule has 16 heteroatoms. The predicted molar refractivity (Wildman–Crippen MR) is 188 cm³/mol. The molecule has 4 aromatic rings. The minimum atomic E-state index is -2.21. The lowest BCUT2D eigenvalue weighted by atomic mass is 9.91. The second-order valence-corrected chi connectivity index (χ2v) is 14.2. The van der Waals surface area contributed by atoms with E-state index in [4.69, 9.17) is 21.7 Å². The molecule has 5 heterocycles. The second kappa shape index (κ2) is 15.1.